The molecule has 1 spiro atoms. The van der Waals surface area contributed by atoms with E-state index in [1.54, 1.807) is 0 Å². The number of carbonyl (C=O) groups is 3. The lowest BCUT2D eigenvalue weighted by atomic mass is 9.94. The van der Waals surface area contributed by atoms with Gasteiger partial charge in [-0.15, -0.1) is 0 Å². The fraction of sp³-hybridized carbons (Fsp3) is 0.370. The minimum Gasteiger partial charge on any atom is -0.478 e. The highest BCUT2D eigenvalue weighted by atomic mass is 16.7. The number of hydrogen-bond donors (Lipinski definition) is 2. The Morgan fingerprint density at radius 1 is 0.914 bits per heavy atom. The molecule has 2 aromatic rings. The standard InChI is InChI=1S/C23H27NO3.C4H4O4/c1-18(17-24-12-10-23(11-13-24)26-14-15-27-23)20-8-5-9-21(16-20)22(25)19-6-3-2-4-7-19;5-3(6)1-2-4(7)8/h2-9,16,18H,10-15,17H2,1H3;1-2H,(H,5,6)(H,7,8). The molecule has 1 unspecified atom stereocenters. The summed E-state index contributed by atoms with van der Waals surface area (Å²) >= 11 is 0. The van der Waals surface area contributed by atoms with Crippen molar-refractivity contribution in [1.82, 2.24) is 4.90 Å². The molecule has 0 radical (unpaired) electrons. The maximum Gasteiger partial charge on any atom is 0.328 e. The van der Waals surface area contributed by atoms with Crippen molar-refractivity contribution >= 4 is 17.7 Å². The number of benzene rings is 2. The molecule has 1 atom stereocenters. The van der Waals surface area contributed by atoms with E-state index in [-0.39, 0.29) is 11.6 Å². The van der Waals surface area contributed by atoms with Gasteiger partial charge in [0, 0.05) is 55.8 Å². The Labute approximate surface area is 204 Å². The number of carbonyl (C=O) groups excluding carboxylic acids is 1. The maximum absolute atomic E-state index is 12.7. The third kappa shape index (κ3) is 7.85. The Morgan fingerprint density at radius 3 is 2.06 bits per heavy atom. The summed E-state index contributed by atoms with van der Waals surface area (Å²) in [6.07, 6.45) is 2.99. The number of aliphatic carboxylic acids is 2. The number of ketones is 1. The number of piperidine rings is 1. The fourth-order valence-corrected chi connectivity index (χ4v) is 4.24. The van der Waals surface area contributed by atoms with E-state index in [2.05, 4.69) is 24.0 Å². The van der Waals surface area contributed by atoms with Gasteiger partial charge in [0.1, 0.15) is 0 Å². The first-order valence-corrected chi connectivity index (χ1v) is 11.6. The van der Waals surface area contributed by atoms with Crippen molar-refractivity contribution in [3.8, 4) is 0 Å². The van der Waals surface area contributed by atoms with Gasteiger partial charge in [-0.25, -0.2) is 9.59 Å². The Hall–Kier alpha value is -3.33. The van der Waals surface area contributed by atoms with Gasteiger partial charge in [0.15, 0.2) is 11.6 Å². The second-order valence-corrected chi connectivity index (χ2v) is 8.64. The Kier molecular flexibility index (Phi) is 9.31. The average molecular weight is 482 g/mol. The summed E-state index contributed by atoms with van der Waals surface area (Å²) < 4.78 is 11.6. The van der Waals surface area contributed by atoms with Gasteiger partial charge in [0.2, 0.25) is 0 Å². The Morgan fingerprint density at radius 2 is 1.49 bits per heavy atom. The molecular weight excluding hydrogens is 450 g/mol. The quantitative estimate of drug-likeness (QED) is 0.456. The number of nitrogens with zero attached hydrogens (tertiary/aromatic N) is 1. The van der Waals surface area contributed by atoms with Crippen molar-refractivity contribution in [2.24, 2.45) is 0 Å². The van der Waals surface area contributed by atoms with E-state index < -0.39 is 11.9 Å². The van der Waals surface area contributed by atoms with Crippen LogP contribution in [0.5, 0.6) is 0 Å². The third-order valence-corrected chi connectivity index (χ3v) is 6.09. The van der Waals surface area contributed by atoms with Crippen LogP contribution in [0.4, 0.5) is 0 Å². The molecule has 2 saturated heterocycles. The molecule has 4 rings (SSSR count). The molecule has 2 aliphatic rings. The van der Waals surface area contributed by atoms with Crippen LogP contribution < -0.4 is 0 Å². The van der Waals surface area contributed by atoms with Gasteiger partial charge in [-0.2, -0.15) is 0 Å². The Bertz CT molecular complexity index is 1020. The Balaban J connectivity index is 0.000000371. The minimum atomic E-state index is -1.26. The molecule has 35 heavy (non-hydrogen) atoms. The van der Waals surface area contributed by atoms with E-state index in [0.717, 1.165) is 56.8 Å². The molecular formula is C27H31NO7. The maximum atomic E-state index is 12.7. The van der Waals surface area contributed by atoms with E-state index in [1.165, 1.54) is 5.56 Å². The summed E-state index contributed by atoms with van der Waals surface area (Å²) in [4.78, 5) is 34.3. The first-order valence-electron chi connectivity index (χ1n) is 11.6. The van der Waals surface area contributed by atoms with Crippen molar-refractivity contribution in [1.29, 1.82) is 0 Å². The van der Waals surface area contributed by atoms with E-state index in [1.807, 2.05) is 42.5 Å². The lowest BCUT2D eigenvalue weighted by Crippen LogP contribution is -2.46. The number of hydrogen-bond acceptors (Lipinski definition) is 6. The molecule has 0 saturated carbocycles. The molecule has 8 heteroatoms. The lowest BCUT2D eigenvalue weighted by Gasteiger charge is -2.38. The van der Waals surface area contributed by atoms with Gasteiger partial charge in [0.05, 0.1) is 13.2 Å². The first kappa shape index (κ1) is 26.3. The number of likely N-dealkylation sites (tertiary alicyclic amines) is 1. The summed E-state index contributed by atoms with van der Waals surface area (Å²) in [7, 11) is 0. The molecule has 2 fully saturated rings. The molecule has 0 bridgehead atoms. The van der Waals surface area contributed by atoms with Crippen LogP contribution in [0.2, 0.25) is 0 Å². The van der Waals surface area contributed by atoms with Crippen molar-refractivity contribution in [3.63, 3.8) is 0 Å². The molecule has 186 valence electrons. The molecule has 0 aromatic heterocycles. The molecule has 2 heterocycles. The highest BCUT2D eigenvalue weighted by molar-refractivity contribution is 6.09. The first-order chi connectivity index (χ1) is 16.8. The van der Waals surface area contributed by atoms with Crippen LogP contribution in [0.15, 0.2) is 66.7 Å². The normalized spacial score (nSPS) is 18.1. The van der Waals surface area contributed by atoms with Crippen LogP contribution in [-0.2, 0) is 19.1 Å². The average Bonchev–Trinajstić information content (AvgIpc) is 3.33. The van der Waals surface area contributed by atoms with Gasteiger partial charge in [-0.3, -0.25) is 4.79 Å². The van der Waals surface area contributed by atoms with Crippen molar-refractivity contribution < 1.29 is 34.1 Å². The number of carboxylic acid groups (broad SMARTS) is 2. The van der Waals surface area contributed by atoms with Crippen LogP contribution in [0.25, 0.3) is 0 Å². The summed E-state index contributed by atoms with van der Waals surface area (Å²) in [6, 6.07) is 17.6. The van der Waals surface area contributed by atoms with Gasteiger partial charge >= 0.3 is 11.9 Å². The zero-order chi connectivity index (χ0) is 25.3. The van der Waals surface area contributed by atoms with Crippen molar-refractivity contribution in [2.45, 2.75) is 31.5 Å². The number of carboxylic acids is 2. The van der Waals surface area contributed by atoms with Gasteiger partial charge in [-0.1, -0.05) is 55.5 Å². The van der Waals surface area contributed by atoms with Crippen LogP contribution in [0.3, 0.4) is 0 Å². The fourth-order valence-electron chi connectivity index (χ4n) is 4.24. The minimum absolute atomic E-state index is 0.0834. The second-order valence-electron chi connectivity index (χ2n) is 8.64. The topological polar surface area (TPSA) is 113 Å². The molecule has 0 amide bonds. The van der Waals surface area contributed by atoms with Crippen molar-refractivity contribution in [2.75, 3.05) is 32.8 Å². The smallest absolute Gasteiger partial charge is 0.328 e. The van der Waals surface area contributed by atoms with Gasteiger partial charge in [-0.05, 0) is 17.5 Å². The van der Waals surface area contributed by atoms with E-state index in [4.69, 9.17) is 19.7 Å². The number of ether oxygens (including phenoxy) is 2. The summed E-state index contributed by atoms with van der Waals surface area (Å²) in [5.41, 5.74) is 2.71. The van der Waals surface area contributed by atoms with Gasteiger partial charge in [0.25, 0.3) is 0 Å². The van der Waals surface area contributed by atoms with Crippen LogP contribution >= 0.6 is 0 Å². The largest absolute Gasteiger partial charge is 0.478 e. The van der Waals surface area contributed by atoms with Gasteiger partial charge < -0.3 is 24.6 Å². The molecule has 8 nitrogen and oxygen atoms in total. The molecule has 2 N–H and O–H groups in total. The number of rotatable bonds is 7. The van der Waals surface area contributed by atoms with Crippen LogP contribution in [-0.4, -0.2) is 71.5 Å². The van der Waals surface area contributed by atoms with Crippen LogP contribution in [0, 0.1) is 0 Å². The summed E-state index contributed by atoms with van der Waals surface area (Å²) in [5.74, 6) is -2.38. The predicted molar refractivity (Wildman–Crippen MR) is 129 cm³/mol. The SMILES string of the molecule is CC(CN1CCC2(CC1)OCCO2)c1cccc(C(=O)c2ccccc2)c1.O=C(O)C=CC(=O)O. The monoisotopic (exact) mass is 481 g/mol. The molecule has 2 aliphatic heterocycles. The molecule has 0 aliphatic carbocycles. The zero-order valence-corrected chi connectivity index (χ0v) is 19.8. The lowest BCUT2D eigenvalue weighted by molar-refractivity contribution is -0.185. The zero-order valence-electron chi connectivity index (χ0n) is 19.8. The van der Waals surface area contributed by atoms with Crippen molar-refractivity contribution in [3.05, 3.63) is 83.4 Å². The van der Waals surface area contributed by atoms with Crippen LogP contribution in [0.1, 0.15) is 47.2 Å². The second kappa shape index (κ2) is 12.4. The highest BCUT2D eigenvalue weighted by Crippen LogP contribution is 2.32. The summed E-state index contributed by atoms with van der Waals surface area (Å²) in [5, 5.41) is 15.6. The van der Waals surface area contributed by atoms with E-state index >= 15 is 0 Å². The van der Waals surface area contributed by atoms with E-state index in [0.29, 0.717) is 18.1 Å². The predicted octanol–water partition coefficient (Wildman–Crippen LogP) is 3.57. The summed E-state index contributed by atoms with van der Waals surface area (Å²) in [6.45, 7) is 6.65. The highest BCUT2D eigenvalue weighted by Gasteiger charge is 2.39. The third-order valence-electron chi connectivity index (χ3n) is 6.09. The van der Waals surface area contributed by atoms with E-state index in [9.17, 15) is 14.4 Å². The molecule has 2 aromatic carbocycles.